The normalized spacial score (nSPS) is 20.0. The molecule has 0 radical (unpaired) electrons. The Kier molecular flexibility index (Phi) is 9.53. The van der Waals surface area contributed by atoms with Gasteiger partial charge in [0, 0.05) is 25.1 Å². The zero-order valence-electron chi connectivity index (χ0n) is 18.1. The number of likely N-dealkylation sites (tertiary alicyclic amines) is 1. The predicted molar refractivity (Wildman–Crippen MR) is 117 cm³/mol. The van der Waals surface area contributed by atoms with E-state index in [1.807, 2.05) is 12.2 Å². The first kappa shape index (κ1) is 22.8. The number of hydrogen-bond donors (Lipinski definition) is 0. The summed E-state index contributed by atoms with van der Waals surface area (Å²) in [5.74, 6) is 7.39. The fraction of sp³-hybridized carbons (Fsp3) is 0.480. The molecular formula is C25H33NO3. The van der Waals surface area contributed by atoms with Crippen molar-refractivity contribution in [3.63, 3.8) is 0 Å². The van der Waals surface area contributed by atoms with Crippen LogP contribution in [0.5, 0.6) is 0 Å². The third-order valence-corrected chi connectivity index (χ3v) is 5.30. The molecule has 1 aromatic carbocycles. The van der Waals surface area contributed by atoms with Gasteiger partial charge in [0.15, 0.2) is 0 Å². The molecule has 0 saturated carbocycles. The molecule has 0 aromatic heterocycles. The Morgan fingerprint density at radius 1 is 1.21 bits per heavy atom. The summed E-state index contributed by atoms with van der Waals surface area (Å²) >= 11 is 0. The Morgan fingerprint density at radius 2 is 1.93 bits per heavy atom. The monoisotopic (exact) mass is 395 g/mol. The van der Waals surface area contributed by atoms with Crippen LogP contribution in [-0.2, 0) is 20.8 Å². The number of esters is 1. The van der Waals surface area contributed by atoms with Crippen molar-refractivity contribution in [3.8, 4) is 11.8 Å². The molecule has 2 aliphatic rings. The number of carbonyl (C=O) groups excluding carboxylic acids is 1. The molecule has 0 amide bonds. The Morgan fingerprint density at radius 3 is 2.55 bits per heavy atom. The van der Waals surface area contributed by atoms with Gasteiger partial charge in [-0.3, -0.25) is 9.69 Å². The second kappa shape index (κ2) is 12.1. The van der Waals surface area contributed by atoms with Crippen molar-refractivity contribution in [2.75, 3.05) is 14.2 Å². The number of carbonyl (C=O) groups is 1. The van der Waals surface area contributed by atoms with Crippen LogP contribution in [0.4, 0.5) is 0 Å². The number of hydrogen-bond acceptors (Lipinski definition) is 4. The van der Waals surface area contributed by atoms with E-state index in [4.69, 9.17) is 4.74 Å². The maximum atomic E-state index is 9.59. The number of fused-ring (bicyclic) bond motifs is 1. The lowest BCUT2D eigenvalue weighted by molar-refractivity contribution is -0.137. The van der Waals surface area contributed by atoms with E-state index in [9.17, 15) is 4.79 Å². The molecule has 1 saturated heterocycles. The number of allylic oxidation sites excluding steroid dienone is 2. The summed E-state index contributed by atoms with van der Waals surface area (Å²) in [5, 5.41) is 0. The highest BCUT2D eigenvalue weighted by Crippen LogP contribution is 2.36. The van der Waals surface area contributed by atoms with Crippen molar-refractivity contribution in [2.24, 2.45) is 0 Å². The number of methoxy groups -OCH3 is 2. The van der Waals surface area contributed by atoms with E-state index in [1.165, 1.54) is 50.9 Å². The number of unbranched alkanes of at least 4 members (excludes halogenated alkanes) is 2. The van der Waals surface area contributed by atoms with Crippen LogP contribution in [0.2, 0.25) is 0 Å². The summed E-state index contributed by atoms with van der Waals surface area (Å²) in [7, 11) is 3.11. The van der Waals surface area contributed by atoms with Gasteiger partial charge in [-0.05, 0) is 30.6 Å². The van der Waals surface area contributed by atoms with Gasteiger partial charge < -0.3 is 9.47 Å². The molecule has 156 valence electrons. The molecule has 0 bridgehead atoms. The minimum absolute atomic E-state index is 0.182. The highest BCUT2D eigenvalue weighted by atomic mass is 16.5. The largest absolute Gasteiger partial charge is 0.497 e. The molecule has 4 nitrogen and oxygen atoms in total. The molecule has 1 aliphatic heterocycles. The van der Waals surface area contributed by atoms with Crippen molar-refractivity contribution in [1.29, 1.82) is 0 Å². The second-order valence-corrected chi connectivity index (χ2v) is 7.33. The third kappa shape index (κ3) is 6.80. The number of nitrogens with zero attached hydrogens (tertiary/aromatic N) is 1. The van der Waals surface area contributed by atoms with Gasteiger partial charge >= 0.3 is 5.97 Å². The topological polar surface area (TPSA) is 38.8 Å². The molecule has 4 heteroatoms. The number of rotatable bonds is 7. The summed E-state index contributed by atoms with van der Waals surface area (Å²) in [6, 6.07) is 11.5. The molecule has 2 atom stereocenters. The number of ether oxygens (including phenoxy) is 2. The minimum Gasteiger partial charge on any atom is -0.497 e. The maximum absolute atomic E-state index is 9.59. The molecule has 3 rings (SSSR count). The lowest BCUT2D eigenvalue weighted by Crippen LogP contribution is -2.35. The Bertz CT molecular complexity index is 770. The SMILES string of the molecule is CCCCCC1CC2=C(OC)C=CC#CC2N1Cc1ccccc1.COC(C)=O. The van der Waals surface area contributed by atoms with Gasteiger partial charge in [-0.25, -0.2) is 0 Å². The lowest BCUT2D eigenvalue weighted by atomic mass is 10.0. The summed E-state index contributed by atoms with van der Waals surface area (Å²) in [4.78, 5) is 12.2. The summed E-state index contributed by atoms with van der Waals surface area (Å²) in [6.45, 7) is 4.58. The van der Waals surface area contributed by atoms with Gasteiger partial charge in [0.1, 0.15) is 5.76 Å². The van der Waals surface area contributed by atoms with Crippen LogP contribution in [0, 0.1) is 11.8 Å². The average Bonchev–Trinajstić information content (AvgIpc) is 2.93. The van der Waals surface area contributed by atoms with Gasteiger partial charge in [-0.15, -0.1) is 0 Å². The van der Waals surface area contributed by atoms with E-state index in [0.717, 1.165) is 18.7 Å². The fourth-order valence-electron chi connectivity index (χ4n) is 3.76. The molecule has 1 aliphatic carbocycles. The van der Waals surface area contributed by atoms with E-state index < -0.39 is 0 Å². The van der Waals surface area contributed by atoms with E-state index >= 15 is 0 Å². The standard InChI is InChI=1S/C22H27NO.C3H6O2/c1-3-4-6-13-19-16-20-21(14-9-10-15-22(20)24-2)23(19)17-18-11-7-5-8-12-18;1-3(4)5-2/h5,7-8,10-12,15,19,21H,3-4,6,13,16-17H2,1-2H3;1-2H3. The van der Waals surface area contributed by atoms with E-state index in [-0.39, 0.29) is 12.0 Å². The van der Waals surface area contributed by atoms with Gasteiger partial charge in [0.2, 0.25) is 0 Å². The summed E-state index contributed by atoms with van der Waals surface area (Å²) in [5.41, 5.74) is 2.72. The lowest BCUT2D eigenvalue weighted by Gasteiger charge is -2.27. The van der Waals surface area contributed by atoms with E-state index in [0.29, 0.717) is 6.04 Å². The summed E-state index contributed by atoms with van der Waals surface area (Å²) < 4.78 is 9.75. The first-order valence-electron chi connectivity index (χ1n) is 10.4. The molecule has 29 heavy (non-hydrogen) atoms. The Hall–Kier alpha value is -2.51. The zero-order valence-corrected chi connectivity index (χ0v) is 18.1. The van der Waals surface area contributed by atoms with Gasteiger partial charge in [-0.2, -0.15) is 0 Å². The van der Waals surface area contributed by atoms with Crippen LogP contribution < -0.4 is 0 Å². The first-order valence-corrected chi connectivity index (χ1v) is 10.4. The second-order valence-electron chi connectivity index (χ2n) is 7.33. The molecule has 1 aromatic rings. The molecule has 1 heterocycles. The molecular weight excluding hydrogens is 362 g/mol. The number of benzene rings is 1. The molecule has 2 unspecified atom stereocenters. The van der Waals surface area contributed by atoms with Crippen molar-refractivity contribution in [3.05, 3.63) is 59.4 Å². The maximum Gasteiger partial charge on any atom is 0.302 e. The zero-order chi connectivity index (χ0) is 21.1. The van der Waals surface area contributed by atoms with Crippen LogP contribution in [0.3, 0.4) is 0 Å². The average molecular weight is 396 g/mol. The van der Waals surface area contributed by atoms with Gasteiger partial charge in [0.05, 0.1) is 20.3 Å². The third-order valence-electron chi connectivity index (χ3n) is 5.30. The Balaban J connectivity index is 0.000000537. The minimum atomic E-state index is -0.245. The smallest absolute Gasteiger partial charge is 0.302 e. The van der Waals surface area contributed by atoms with Crippen LogP contribution in [-0.4, -0.2) is 37.2 Å². The van der Waals surface area contributed by atoms with Gasteiger partial charge in [-0.1, -0.05) is 68.4 Å². The van der Waals surface area contributed by atoms with Crippen molar-refractivity contribution in [1.82, 2.24) is 4.90 Å². The van der Waals surface area contributed by atoms with E-state index in [1.54, 1.807) is 7.11 Å². The van der Waals surface area contributed by atoms with Gasteiger partial charge in [0.25, 0.3) is 0 Å². The predicted octanol–water partition coefficient (Wildman–Crippen LogP) is 4.86. The molecule has 0 spiro atoms. The first-order chi connectivity index (χ1) is 14.1. The Labute approximate surface area is 175 Å². The highest BCUT2D eigenvalue weighted by molar-refractivity contribution is 5.65. The molecule has 1 fully saturated rings. The molecule has 0 N–H and O–H groups in total. The van der Waals surface area contributed by atoms with E-state index in [2.05, 4.69) is 58.7 Å². The quantitative estimate of drug-likeness (QED) is 0.375. The van der Waals surface area contributed by atoms with Crippen LogP contribution in [0.15, 0.2) is 53.8 Å². The van der Waals surface area contributed by atoms with Crippen LogP contribution in [0.25, 0.3) is 0 Å². The highest BCUT2D eigenvalue weighted by Gasteiger charge is 2.38. The fourth-order valence-corrected chi connectivity index (χ4v) is 3.76. The van der Waals surface area contributed by atoms with Crippen LogP contribution in [0.1, 0.15) is 51.5 Å². The van der Waals surface area contributed by atoms with Crippen molar-refractivity contribution < 1.29 is 14.3 Å². The van der Waals surface area contributed by atoms with Crippen molar-refractivity contribution >= 4 is 5.97 Å². The summed E-state index contributed by atoms with van der Waals surface area (Å²) in [6.07, 6.45) is 10.1. The van der Waals surface area contributed by atoms with Crippen LogP contribution >= 0.6 is 0 Å². The van der Waals surface area contributed by atoms with Crippen molar-refractivity contribution in [2.45, 2.75) is 64.6 Å².